The fourth-order valence-electron chi connectivity index (χ4n) is 2.18. The SMILES string of the molecule is C=CCOC(=O)OC1=C(n2cccn2)S[C@@H]2[C@@H](CO)C(=O)N12. The molecule has 1 N–H and O–H groups in total. The molecule has 3 rings (SSSR count). The minimum absolute atomic E-state index is 0.00694. The van der Waals surface area contributed by atoms with Gasteiger partial charge in [-0.1, -0.05) is 24.4 Å². The molecule has 1 aromatic heterocycles. The molecule has 0 unspecified atom stereocenters. The first-order valence-corrected chi connectivity index (χ1v) is 7.35. The van der Waals surface area contributed by atoms with Crippen LogP contribution in [0.25, 0.3) is 5.03 Å². The highest BCUT2D eigenvalue weighted by atomic mass is 32.2. The van der Waals surface area contributed by atoms with Gasteiger partial charge < -0.3 is 14.6 Å². The maximum absolute atomic E-state index is 12.0. The van der Waals surface area contributed by atoms with Gasteiger partial charge in [0.1, 0.15) is 12.0 Å². The fourth-order valence-corrected chi connectivity index (χ4v) is 3.54. The molecule has 1 saturated heterocycles. The predicted molar refractivity (Wildman–Crippen MR) is 76.9 cm³/mol. The summed E-state index contributed by atoms with van der Waals surface area (Å²) in [6.07, 6.45) is 3.72. The Morgan fingerprint density at radius 2 is 2.41 bits per heavy atom. The van der Waals surface area contributed by atoms with Gasteiger partial charge in [-0.05, 0) is 6.07 Å². The highest BCUT2D eigenvalue weighted by Gasteiger charge is 2.56. The van der Waals surface area contributed by atoms with Crippen LogP contribution in [0.4, 0.5) is 4.79 Å². The molecule has 0 saturated carbocycles. The molecule has 116 valence electrons. The predicted octanol–water partition coefficient (Wildman–Crippen LogP) is 0.829. The van der Waals surface area contributed by atoms with E-state index in [1.54, 1.807) is 18.5 Å². The van der Waals surface area contributed by atoms with Crippen LogP contribution in [-0.4, -0.2) is 50.4 Å². The Balaban J connectivity index is 1.86. The van der Waals surface area contributed by atoms with E-state index in [0.29, 0.717) is 5.03 Å². The summed E-state index contributed by atoms with van der Waals surface area (Å²) in [5.41, 5.74) is 0. The molecule has 0 aliphatic carbocycles. The van der Waals surface area contributed by atoms with Crippen molar-refractivity contribution in [2.75, 3.05) is 13.2 Å². The zero-order chi connectivity index (χ0) is 15.7. The van der Waals surface area contributed by atoms with Gasteiger partial charge in [-0.3, -0.25) is 9.69 Å². The van der Waals surface area contributed by atoms with Gasteiger partial charge >= 0.3 is 6.16 Å². The molecular formula is C13H13N3O5S. The lowest BCUT2D eigenvalue weighted by atomic mass is 10.00. The van der Waals surface area contributed by atoms with E-state index >= 15 is 0 Å². The third-order valence-corrected chi connectivity index (χ3v) is 4.56. The number of ether oxygens (including phenoxy) is 2. The second-order valence-corrected chi connectivity index (χ2v) is 5.62. The van der Waals surface area contributed by atoms with E-state index in [1.165, 1.54) is 27.4 Å². The molecule has 2 aliphatic heterocycles. The molecule has 0 radical (unpaired) electrons. The van der Waals surface area contributed by atoms with Crippen molar-refractivity contribution in [2.45, 2.75) is 5.37 Å². The van der Waals surface area contributed by atoms with E-state index in [4.69, 9.17) is 9.47 Å². The molecule has 0 bridgehead atoms. The number of hydrogen-bond acceptors (Lipinski definition) is 7. The van der Waals surface area contributed by atoms with Crippen LogP contribution in [0.5, 0.6) is 0 Å². The number of amides is 1. The summed E-state index contributed by atoms with van der Waals surface area (Å²) in [5.74, 6) is -0.739. The van der Waals surface area contributed by atoms with Gasteiger partial charge in [0.15, 0.2) is 5.03 Å². The van der Waals surface area contributed by atoms with Gasteiger partial charge in [-0.2, -0.15) is 5.10 Å². The first-order chi connectivity index (χ1) is 10.7. The van der Waals surface area contributed by atoms with E-state index in [9.17, 15) is 14.7 Å². The molecule has 1 fully saturated rings. The Morgan fingerprint density at radius 3 is 3.05 bits per heavy atom. The summed E-state index contributed by atoms with van der Waals surface area (Å²) < 4.78 is 11.4. The maximum Gasteiger partial charge on any atom is 0.515 e. The fraction of sp³-hybridized carbons (Fsp3) is 0.308. The summed E-state index contributed by atoms with van der Waals surface area (Å²) in [6, 6.07) is 1.71. The van der Waals surface area contributed by atoms with Crippen molar-refractivity contribution < 1.29 is 24.2 Å². The monoisotopic (exact) mass is 323 g/mol. The van der Waals surface area contributed by atoms with Crippen molar-refractivity contribution in [1.29, 1.82) is 0 Å². The van der Waals surface area contributed by atoms with Crippen molar-refractivity contribution in [3.05, 3.63) is 37.0 Å². The summed E-state index contributed by atoms with van der Waals surface area (Å²) in [4.78, 5) is 25.0. The highest BCUT2D eigenvalue weighted by Crippen LogP contribution is 2.50. The third kappa shape index (κ3) is 2.28. The summed E-state index contributed by atoms with van der Waals surface area (Å²) >= 11 is 1.30. The van der Waals surface area contributed by atoms with Gasteiger partial charge in [0.05, 0.1) is 12.5 Å². The molecule has 0 aromatic carbocycles. The number of aromatic nitrogens is 2. The van der Waals surface area contributed by atoms with Crippen molar-refractivity contribution in [3.63, 3.8) is 0 Å². The largest absolute Gasteiger partial charge is 0.515 e. The van der Waals surface area contributed by atoms with E-state index in [0.717, 1.165) is 0 Å². The van der Waals surface area contributed by atoms with Crippen LogP contribution in [0.2, 0.25) is 0 Å². The van der Waals surface area contributed by atoms with E-state index < -0.39 is 12.1 Å². The zero-order valence-corrected chi connectivity index (χ0v) is 12.2. The molecule has 8 nitrogen and oxygen atoms in total. The number of carbonyl (C=O) groups excluding carboxylic acids is 2. The maximum atomic E-state index is 12.0. The normalized spacial score (nSPS) is 23.1. The molecule has 22 heavy (non-hydrogen) atoms. The summed E-state index contributed by atoms with van der Waals surface area (Å²) in [6.45, 7) is 3.19. The molecule has 3 heterocycles. The standard InChI is InChI=1S/C13H13N3O5S/c1-2-6-20-13(19)21-10-12(15-5-3-4-14-15)22-11-8(7-17)9(18)16(10)11/h2-5,8,11,17H,1,6-7H2/t8-,11+/m0/s1. The van der Waals surface area contributed by atoms with Crippen LogP contribution in [0.15, 0.2) is 37.0 Å². The topological polar surface area (TPSA) is 93.9 Å². The molecule has 0 spiro atoms. The van der Waals surface area contributed by atoms with E-state index in [-0.39, 0.29) is 30.4 Å². The van der Waals surface area contributed by atoms with Crippen molar-refractivity contribution in [3.8, 4) is 0 Å². The van der Waals surface area contributed by atoms with E-state index in [1.807, 2.05) is 0 Å². The first kappa shape index (κ1) is 14.7. The summed E-state index contributed by atoms with van der Waals surface area (Å²) in [5, 5.41) is 13.5. The Morgan fingerprint density at radius 1 is 1.59 bits per heavy atom. The van der Waals surface area contributed by atoms with Crippen LogP contribution < -0.4 is 0 Å². The third-order valence-electron chi connectivity index (χ3n) is 3.20. The Labute approximate surface area is 130 Å². The number of thioether (sulfide) groups is 1. The molecule has 9 heteroatoms. The number of aliphatic hydroxyl groups excluding tert-OH is 1. The lowest BCUT2D eigenvalue weighted by Gasteiger charge is -2.40. The lowest BCUT2D eigenvalue weighted by molar-refractivity contribution is -0.151. The number of rotatable bonds is 5. The second kappa shape index (κ2) is 5.85. The zero-order valence-electron chi connectivity index (χ0n) is 11.4. The number of aliphatic hydroxyl groups is 1. The molecule has 1 aromatic rings. The van der Waals surface area contributed by atoms with Crippen LogP contribution >= 0.6 is 11.8 Å². The number of carbonyl (C=O) groups is 2. The van der Waals surface area contributed by atoms with Crippen molar-refractivity contribution >= 4 is 28.9 Å². The number of β-lactam (4-membered cyclic amide) rings is 1. The highest BCUT2D eigenvalue weighted by molar-refractivity contribution is 8.08. The number of nitrogens with zero attached hydrogens (tertiary/aromatic N) is 3. The smallest absolute Gasteiger partial charge is 0.430 e. The van der Waals surface area contributed by atoms with Gasteiger partial charge in [0.25, 0.3) is 0 Å². The molecule has 2 aliphatic rings. The van der Waals surface area contributed by atoms with Gasteiger partial charge in [0.2, 0.25) is 11.8 Å². The second-order valence-electron chi connectivity index (χ2n) is 4.52. The van der Waals surface area contributed by atoms with Crippen LogP contribution in [-0.2, 0) is 14.3 Å². The average molecular weight is 323 g/mol. The van der Waals surface area contributed by atoms with Gasteiger partial charge in [-0.25, -0.2) is 9.48 Å². The number of hydrogen-bond donors (Lipinski definition) is 1. The van der Waals surface area contributed by atoms with Crippen LogP contribution in [0.3, 0.4) is 0 Å². The first-order valence-electron chi connectivity index (χ1n) is 6.47. The molecular weight excluding hydrogens is 310 g/mol. The minimum Gasteiger partial charge on any atom is -0.430 e. The Kier molecular flexibility index (Phi) is 3.90. The summed E-state index contributed by atoms with van der Waals surface area (Å²) in [7, 11) is 0. The van der Waals surface area contributed by atoms with Gasteiger partial charge in [-0.15, -0.1) is 0 Å². The molecule has 2 atom stereocenters. The molecule has 1 amide bonds. The van der Waals surface area contributed by atoms with Crippen molar-refractivity contribution in [2.24, 2.45) is 5.92 Å². The Hall–Kier alpha value is -2.26. The lowest BCUT2D eigenvalue weighted by Crippen LogP contribution is -2.58. The quantitative estimate of drug-likeness (QED) is 0.487. The van der Waals surface area contributed by atoms with Crippen LogP contribution in [0.1, 0.15) is 0 Å². The van der Waals surface area contributed by atoms with Crippen LogP contribution in [0, 0.1) is 5.92 Å². The van der Waals surface area contributed by atoms with E-state index in [2.05, 4.69) is 11.7 Å². The Bertz CT molecular complexity index is 642. The van der Waals surface area contributed by atoms with Crippen molar-refractivity contribution in [1.82, 2.24) is 14.7 Å². The van der Waals surface area contributed by atoms with Gasteiger partial charge in [0, 0.05) is 12.4 Å². The average Bonchev–Trinajstić information content (AvgIpc) is 3.11. The number of fused-ring (bicyclic) bond motifs is 1. The minimum atomic E-state index is -0.930.